The highest BCUT2D eigenvalue weighted by molar-refractivity contribution is 5.92. The van der Waals surface area contributed by atoms with Crippen LogP contribution in [0.5, 0.6) is 0 Å². The van der Waals surface area contributed by atoms with Gasteiger partial charge in [0.25, 0.3) is 0 Å². The Morgan fingerprint density at radius 1 is 1.27 bits per heavy atom. The molecular formula is C9H20N6. The van der Waals surface area contributed by atoms with Crippen LogP contribution in [0.15, 0.2) is 9.98 Å². The normalized spacial score (nSPS) is 19.8. The summed E-state index contributed by atoms with van der Waals surface area (Å²) in [6.45, 7) is 0.655. The highest BCUT2D eigenvalue weighted by atomic mass is 15.2. The Morgan fingerprint density at radius 2 is 1.87 bits per heavy atom. The lowest BCUT2D eigenvalue weighted by Gasteiger charge is -2.46. The highest BCUT2D eigenvalue weighted by Gasteiger charge is 2.38. The molecule has 0 saturated heterocycles. The third kappa shape index (κ3) is 2.82. The predicted octanol–water partition coefficient (Wildman–Crippen LogP) is -0.941. The quantitative estimate of drug-likeness (QED) is 0.414. The van der Waals surface area contributed by atoms with Gasteiger partial charge in [0.15, 0.2) is 5.96 Å². The van der Waals surface area contributed by atoms with Gasteiger partial charge in [-0.2, -0.15) is 4.99 Å². The van der Waals surface area contributed by atoms with E-state index in [2.05, 4.69) is 29.0 Å². The molecule has 0 aromatic carbocycles. The fourth-order valence-electron chi connectivity index (χ4n) is 1.73. The summed E-state index contributed by atoms with van der Waals surface area (Å²) in [7, 11) is 4.12. The molecule has 6 heteroatoms. The van der Waals surface area contributed by atoms with E-state index in [0.29, 0.717) is 6.54 Å². The van der Waals surface area contributed by atoms with Crippen LogP contribution in [0.4, 0.5) is 0 Å². The van der Waals surface area contributed by atoms with Crippen LogP contribution >= 0.6 is 0 Å². The molecule has 0 spiro atoms. The van der Waals surface area contributed by atoms with E-state index >= 15 is 0 Å². The van der Waals surface area contributed by atoms with E-state index < -0.39 is 0 Å². The molecule has 1 aliphatic rings. The van der Waals surface area contributed by atoms with Gasteiger partial charge < -0.3 is 22.1 Å². The number of hydrogen-bond donors (Lipinski definition) is 3. The van der Waals surface area contributed by atoms with Gasteiger partial charge >= 0.3 is 0 Å². The third-order valence-electron chi connectivity index (χ3n) is 3.01. The van der Waals surface area contributed by atoms with E-state index in [9.17, 15) is 0 Å². The van der Waals surface area contributed by atoms with E-state index in [1.165, 1.54) is 6.42 Å². The van der Waals surface area contributed by atoms with Gasteiger partial charge in [-0.3, -0.25) is 0 Å². The number of rotatable bonds is 3. The van der Waals surface area contributed by atoms with Gasteiger partial charge in [0.2, 0.25) is 5.96 Å². The molecule has 1 aliphatic carbocycles. The smallest absolute Gasteiger partial charge is 0.218 e. The minimum absolute atomic E-state index is 0.0521. The van der Waals surface area contributed by atoms with Crippen LogP contribution in [0.2, 0.25) is 0 Å². The van der Waals surface area contributed by atoms with Gasteiger partial charge in [-0.05, 0) is 33.4 Å². The fourth-order valence-corrected chi connectivity index (χ4v) is 1.73. The molecule has 86 valence electrons. The van der Waals surface area contributed by atoms with Crippen LogP contribution in [0.1, 0.15) is 19.3 Å². The average molecular weight is 212 g/mol. The maximum absolute atomic E-state index is 5.54. The Balaban J connectivity index is 2.58. The molecule has 0 aromatic rings. The van der Waals surface area contributed by atoms with E-state index in [1.54, 1.807) is 0 Å². The van der Waals surface area contributed by atoms with Crippen LogP contribution < -0.4 is 17.2 Å². The third-order valence-corrected chi connectivity index (χ3v) is 3.01. The summed E-state index contributed by atoms with van der Waals surface area (Å²) in [5.74, 6) is 0.104. The summed E-state index contributed by atoms with van der Waals surface area (Å²) in [5.41, 5.74) is 16.1. The summed E-state index contributed by atoms with van der Waals surface area (Å²) in [6.07, 6.45) is 3.55. The molecule has 0 atom stereocenters. The van der Waals surface area contributed by atoms with E-state index in [-0.39, 0.29) is 17.5 Å². The molecule has 6 N–H and O–H groups in total. The van der Waals surface area contributed by atoms with Crippen molar-refractivity contribution >= 4 is 11.9 Å². The molecule has 0 unspecified atom stereocenters. The Labute approximate surface area is 90.2 Å². The van der Waals surface area contributed by atoms with Gasteiger partial charge in [-0.15, -0.1) is 0 Å². The van der Waals surface area contributed by atoms with Crippen molar-refractivity contribution in [2.75, 3.05) is 20.6 Å². The van der Waals surface area contributed by atoms with Gasteiger partial charge in [0, 0.05) is 5.54 Å². The van der Waals surface area contributed by atoms with E-state index in [4.69, 9.17) is 17.2 Å². The molecule has 0 heterocycles. The van der Waals surface area contributed by atoms with E-state index in [1.807, 2.05) is 0 Å². The second-order valence-electron chi connectivity index (χ2n) is 4.18. The molecule has 0 aliphatic heterocycles. The summed E-state index contributed by atoms with van der Waals surface area (Å²) in [6, 6.07) is 0. The van der Waals surface area contributed by atoms with Crippen molar-refractivity contribution in [3.63, 3.8) is 0 Å². The Bertz CT molecular complexity index is 272. The first kappa shape index (κ1) is 11.8. The lowest BCUT2D eigenvalue weighted by Crippen LogP contribution is -2.52. The molecule has 0 bridgehead atoms. The second-order valence-corrected chi connectivity index (χ2v) is 4.18. The lowest BCUT2D eigenvalue weighted by molar-refractivity contribution is 0.0700. The van der Waals surface area contributed by atoms with Crippen LogP contribution in [0.3, 0.4) is 0 Å². The zero-order valence-electron chi connectivity index (χ0n) is 9.40. The first-order chi connectivity index (χ1) is 6.96. The SMILES string of the molecule is CN(C)C1(CN=C(N)N=C(N)N)CCC1. The number of nitrogens with zero attached hydrogens (tertiary/aromatic N) is 3. The number of hydrogen-bond acceptors (Lipinski definition) is 2. The Hall–Kier alpha value is -1.30. The molecular weight excluding hydrogens is 192 g/mol. The monoisotopic (exact) mass is 212 g/mol. The molecule has 1 saturated carbocycles. The number of guanidine groups is 2. The van der Waals surface area contributed by atoms with Crippen molar-refractivity contribution in [3.8, 4) is 0 Å². The van der Waals surface area contributed by atoms with Gasteiger partial charge in [0.1, 0.15) is 0 Å². The molecule has 0 amide bonds. The van der Waals surface area contributed by atoms with Crippen molar-refractivity contribution in [3.05, 3.63) is 0 Å². The number of nitrogens with two attached hydrogens (primary N) is 3. The van der Waals surface area contributed by atoms with Crippen LogP contribution in [-0.4, -0.2) is 43.0 Å². The molecule has 1 fully saturated rings. The number of likely N-dealkylation sites (N-methyl/N-ethyl adjacent to an activating group) is 1. The zero-order valence-corrected chi connectivity index (χ0v) is 9.40. The average Bonchev–Trinajstić information content (AvgIpc) is 1.99. The highest BCUT2D eigenvalue weighted by Crippen LogP contribution is 2.36. The molecule has 15 heavy (non-hydrogen) atoms. The fraction of sp³-hybridized carbons (Fsp3) is 0.778. The van der Waals surface area contributed by atoms with E-state index in [0.717, 1.165) is 12.8 Å². The second kappa shape index (κ2) is 4.48. The van der Waals surface area contributed by atoms with Crippen LogP contribution in [0.25, 0.3) is 0 Å². The largest absolute Gasteiger partial charge is 0.370 e. The Morgan fingerprint density at radius 3 is 2.20 bits per heavy atom. The van der Waals surface area contributed by atoms with Gasteiger partial charge in [-0.1, -0.05) is 0 Å². The maximum Gasteiger partial charge on any atom is 0.218 e. The molecule has 0 radical (unpaired) electrons. The van der Waals surface area contributed by atoms with Crippen LogP contribution in [0, 0.1) is 0 Å². The summed E-state index contributed by atoms with van der Waals surface area (Å²) in [5, 5.41) is 0. The maximum atomic E-state index is 5.54. The lowest BCUT2D eigenvalue weighted by atomic mass is 9.76. The summed E-state index contributed by atoms with van der Waals surface area (Å²) in [4.78, 5) is 10.1. The van der Waals surface area contributed by atoms with Crippen molar-refractivity contribution in [2.45, 2.75) is 24.8 Å². The predicted molar refractivity (Wildman–Crippen MR) is 62.6 cm³/mol. The molecule has 6 nitrogen and oxygen atoms in total. The topological polar surface area (TPSA) is 106 Å². The minimum Gasteiger partial charge on any atom is -0.370 e. The van der Waals surface area contributed by atoms with Gasteiger partial charge in [-0.25, -0.2) is 4.99 Å². The minimum atomic E-state index is -0.0521. The zero-order chi connectivity index (χ0) is 11.5. The first-order valence-corrected chi connectivity index (χ1v) is 5.03. The van der Waals surface area contributed by atoms with Crippen molar-refractivity contribution < 1.29 is 0 Å². The number of aliphatic imine (C=N–C) groups is 2. The van der Waals surface area contributed by atoms with Crippen LogP contribution in [-0.2, 0) is 0 Å². The first-order valence-electron chi connectivity index (χ1n) is 5.03. The summed E-state index contributed by atoms with van der Waals surface area (Å²) < 4.78 is 0. The van der Waals surface area contributed by atoms with Crippen molar-refractivity contribution in [1.29, 1.82) is 0 Å². The van der Waals surface area contributed by atoms with Crippen molar-refractivity contribution in [1.82, 2.24) is 4.90 Å². The molecule has 1 rings (SSSR count). The summed E-state index contributed by atoms with van der Waals surface area (Å²) >= 11 is 0. The molecule has 0 aromatic heterocycles. The van der Waals surface area contributed by atoms with Gasteiger partial charge in [0.05, 0.1) is 6.54 Å². The standard InChI is InChI=1S/C9H20N6/c1-15(2)9(4-3-5-9)6-13-8(12)14-7(10)11/h3-6H2,1-2H3,(H6,10,11,12,13,14). The Kier molecular flexibility index (Phi) is 3.52. The van der Waals surface area contributed by atoms with Crippen molar-refractivity contribution in [2.24, 2.45) is 27.2 Å².